The third-order valence-electron chi connectivity index (χ3n) is 3.03. The second-order valence-corrected chi connectivity index (χ2v) is 5.87. The maximum Gasteiger partial charge on any atom is 0.142 e. The molecular formula is C15H17ClFNS. The quantitative estimate of drug-likeness (QED) is 0.793. The van der Waals surface area contributed by atoms with E-state index in [4.69, 9.17) is 11.6 Å². The maximum absolute atomic E-state index is 13.5. The number of hydrogen-bond acceptors (Lipinski definition) is 2. The molecule has 1 heterocycles. The lowest BCUT2D eigenvalue weighted by molar-refractivity contribution is 0.545. The van der Waals surface area contributed by atoms with E-state index in [2.05, 4.69) is 25.2 Å². The average molecular weight is 298 g/mol. The molecule has 0 saturated heterocycles. The molecule has 0 saturated carbocycles. The summed E-state index contributed by atoms with van der Waals surface area (Å²) in [5.41, 5.74) is 0.879. The first-order chi connectivity index (χ1) is 9.15. The summed E-state index contributed by atoms with van der Waals surface area (Å²) in [6.07, 6.45) is 1.04. The van der Waals surface area contributed by atoms with Crippen molar-refractivity contribution in [3.05, 3.63) is 46.0 Å². The third-order valence-corrected chi connectivity index (χ3v) is 4.59. The fourth-order valence-electron chi connectivity index (χ4n) is 2.04. The van der Waals surface area contributed by atoms with Crippen molar-refractivity contribution in [3.63, 3.8) is 0 Å². The smallest absolute Gasteiger partial charge is 0.142 e. The minimum Gasteiger partial charge on any atom is -0.310 e. The van der Waals surface area contributed by atoms with Crippen molar-refractivity contribution in [3.8, 4) is 10.4 Å². The zero-order valence-electron chi connectivity index (χ0n) is 11.0. The van der Waals surface area contributed by atoms with Gasteiger partial charge in [0.15, 0.2) is 0 Å². The molecule has 0 fully saturated rings. The van der Waals surface area contributed by atoms with Crippen LogP contribution in [0.2, 0.25) is 5.02 Å². The summed E-state index contributed by atoms with van der Waals surface area (Å²) in [4.78, 5) is 2.36. The van der Waals surface area contributed by atoms with E-state index in [-0.39, 0.29) is 10.8 Å². The topological polar surface area (TPSA) is 12.0 Å². The van der Waals surface area contributed by atoms with Gasteiger partial charge >= 0.3 is 0 Å². The lowest BCUT2D eigenvalue weighted by Crippen LogP contribution is -2.18. The van der Waals surface area contributed by atoms with Gasteiger partial charge < -0.3 is 5.32 Å². The Morgan fingerprint density at radius 1 is 1.26 bits per heavy atom. The highest BCUT2D eigenvalue weighted by Crippen LogP contribution is 2.33. The molecule has 0 aliphatic carbocycles. The summed E-state index contributed by atoms with van der Waals surface area (Å²) in [6, 6.07) is 9.49. The van der Waals surface area contributed by atoms with Crippen LogP contribution in [0.25, 0.3) is 10.4 Å². The van der Waals surface area contributed by atoms with E-state index in [0.29, 0.717) is 6.04 Å². The van der Waals surface area contributed by atoms with Crippen LogP contribution in [0.5, 0.6) is 0 Å². The van der Waals surface area contributed by atoms with Crippen LogP contribution in [0.15, 0.2) is 30.3 Å². The molecule has 0 bridgehead atoms. The summed E-state index contributed by atoms with van der Waals surface area (Å²) in [5.74, 6) is -0.368. The van der Waals surface area contributed by atoms with E-state index in [1.807, 2.05) is 12.1 Å². The third kappa shape index (κ3) is 3.35. The van der Waals surface area contributed by atoms with Gasteiger partial charge in [-0.2, -0.15) is 0 Å². The van der Waals surface area contributed by atoms with E-state index in [1.54, 1.807) is 17.4 Å². The normalized spacial score (nSPS) is 12.6. The predicted molar refractivity (Wildman–Crippen MR) is 81.4 cm³/mol. The van der Waals surface area contributed by atoms with Crippen LogP contribution in [0.1, 0.15) is 31.2 Å². The lowest BCUT2D eigenvalue weighted by Gasteiger charge is -2.13. The number of hydrogen-bond donors (Lipinski definition) is 1. The molecule has 1 aromatic carbocycles. The fraction of sp³-hybridized carbons (Fsp3) is 0.333. The molecule has 0 spiro atoms. The van der Waals surface area contributed by atoms with E-state index in [1.165, 1.54) is 10.9 Å². The molecule has 1 unspecified atom stereocenters. The van der Waals surface area contributed by atoms with E-state index >= 15 is 0 Å². The first kappa shape index (κ1) is 14.5. The number of rotatable bonds is 5. The Bertz CT molecular complexity index is 553. The lowest BCUT2D eigenvalue weighted by atomic mass is 10.1. The van der Waals surface area contributed by atoms with Crippen LogP contribution >= 0.6 is 22.9 Å². The molecule has 1 atom stereocenters. The summed E-state index contributed by atoms with van der Waals surface area (Å²) in [7, 11) is 0. The van der Waals surface area contributed by atoms with E-state index < -0.39 is 0 Å². The molecule has 0 radical (unpaired) electrons. The summed E-state index contributed by atoms with van der Waals surface area (Å²) in [5, 5.41) is 3.62. The number of nitrogens with one attached hydrogen (secondary N) is 1. The average Bonchev–Trinajstić information content (AvgIpc) is 2.88. The molecule has 2 rings (SSSR count). The van der Waals surface area contributed by atoms with Gasteiger partial charge in [0.2, 0.25) is 0 Å². The maximum atomic E-state index is 13.5. The highest BCUT2D eigenvalue weighted by molar-refractivity contribution is 7.15. The summed E-state index contributed by atoms with van der Waals surface area (Å²) < 4.78 is 13.5. The molecule has 102 valence electrons. The SMILES string of the molecule is CCNC(CC)c1ccc(-c2ccc(Cl)c(F)c2)s1. The molecule has 1 aromatic heterocycles. The Morgan fingerprint density at radius 3 is 2.68 bits per heavy atom. The van der Waals surface area contributed by atoms with Crippen molar-refractivity contribution in [2.45, 2.75) is 26.3 Å². The van der Waals surface area contributed by atoms with Crippen molar-refractivity contribution in [2.75, 3.05) is 6.54 Å². The highest BCUT2D eigenvalue weighted by atomic mass is 35.5. The Hall–Kier alpha value is -0.900. The predicted octanol–water partition coefficient (Wildman–Crippen LogP) is 5.27. The number of thiophene rings is 1. The zero-order valence-corrected chi connectivity index (χ0v) is 12.6. The van der Waals surface area contributed by atoms with Crippen LogP contribution < -0.4 is 5.32 Å². The van der Waals surface area contributed by atoms with Gasteiger partial charge in [0.05, 0.1) is 5.02 Å². The molecule has 4 heteroatoms. The molecule has 0 aliphatic heterocycles. The zero-order chi connectivity index (χ0) is 13.8. The van der Waals surface area contributed by atoms with Gasteiger partial charge in [-0.15, -0.1) is 11.3 Å². The molecular weight excluding hydrogens is 281 g/mol. The summed E-state index contributed by atoms with van der Waals surface area (Å²) in [6.45, 7) is 5.21. The van der Waals surface area contributed by atoms with Gasteiger partial charge in [-0.1, -0.05) is 31.5 Å². The van der Waals surface area contributed by atoms with Crippen LogP contribution in [0.3, 0.4) is 0 Å². The number of halogens is 2. The Kier molecular flexibility index (Phi) is 4.97. The first-order valence-corrected chi connectivity index (χ1v) is 7.63. The summed E-state index contributed by atoms with van der Waals surface area (Å²) >= 11 is 7.41. The van der Waals surface area contributed by atoms with E-state index in [0.717, 1.165) is 23.4 Å². The molecule has 2 aromatic rings. The highest BCUT2D eigenvalue weighted by Gasteiger charge is 2.12. The Morgan fingerprint density at radius 2 is 2.05 bits per heavy atom. The number of benzene rings is 1. The molecule has 19 heavy (non-hydrogen) atoms. The molecule has 1 N–H and O–H groups in total. The van der Waals surface area contributed by atoms with Crippen molar-refractivity contribution in [2.24, 2.45) is 0 Å². The van der Waals surface area contributed by atoms with Gasteiger partial charge in [-0.05, 0) is 42.8 Å². The van der Waals surface area contributed by atoms with Crippen LogP contribution in [-0.2, 0) is 0 Å². The fourth-order valence-corrected chi connectivity index (χ4v) is 3.32. The van der Waals surface area contributed by atoms with Crippen molar-refractivity contribution in [1.29, 1.82) is 0 Å². The van der Waals surface area contributed by atoms with Gasteiger partial charge in [0, 0.05) is 15.8 Å². The van der Waals surface area contributed by atoms with Crippen molar-refractivity contribution >= 4 is 22.9 Å². The van der Waals surface area contributed by atoms with Gasteiger partial charge in [-0.3, -0.25) is 0 Å². The van der Waals surface area contributed by atoms with Crippen LogP contribution in [-0.4, -0.2) is 6.54 Å². The van der Waals surface area contributed by atoms with Crippen molar-refractivity contribution in [1.82, 2.24) is 5.32 Å². The van der Waals surface area contributed by atoms with Crippen molar-refractivity contribution < 1.29 is 4.39 Å². The molecule has 1 nitrogen and oxygen atoms in total. The monoisotopic (exact) mass is 297 g/mol. The molecule has 0 amide bonds. The Balaban J connectivity index is 2.27. The van der Waals surface area contributed by atoms with E-state index in [9.17, 15) is 4.39 Å². The molecule has 0 aliphatic rings. The first-order valence-electron chi connectivity index (χ1n) is 6.44. The van der Waals surface area contributed by atoms with Crippen LogP contribution in [0, 0.1) is 5.82 Å². The largest absolute Gasteiger partial charge is 0.310 e. The standard InChI is InChI=1S/C15H17ClFNS/c1-3-13(18-4-2)15-8-7-14(19-15)10-5-6-11(16)12(17)9-10/h5-9,13,18H,3-4H2,1-2H3. The van der Waals surface area contributed by atoms with Gasteiger partial charge in [-0.25, -0.2) is 4.39 Å². The second-order valence-electron chi connectivity index (χ2n) is 4.35. The minimum absolute atomic E-state index is 0.166. The van der Waals surface area contributed by atoms with Gasteiger partial charge in [0.25, 0.3) is 0 Å². The Labute approximate surface area is 122 Å². The minimum atomic E-state index is -0.368. The van der Waals surface area contributed by atoms with Crippen LogP contribution in [0.4, 0.5) is 4.39 Å². The van der Waals surface area contributed by atoms with Gasteiger partial charge in [0.1, 0.15) is 5.82 Å². The second kappa shape index (κ2) is 6.51.